The van der Waals surface area contributed by atoms with Crippen LogP contribution in [0.25, 0.3) is 0 Å². The minimum atomic E-state index is -3.61. The zero-order chi connectivity index (χ0) is 15.5. The number of nitrogens with one attached hydrogen (secondary N) is 1. The van der Waals surface area contributed by atoms with Gasteiger partial charge in [0.2, 0.25) is 10.0 Å². The highest BCUT2D eigenvalue weighted by molar-refractivity contribution is 9.10. The van der Waals surface area contributed by atoms with E-state index in [0.717, 1.165) is 4.47 Å². The van der Waals surface area contributed by atoms with Gasteiger partial charge in [0.1, 0.15) is 4.90 Å². The summed E-state index contributed by atoms with van der Waals surface area (Å²) < 4.78 is 29.6. The monoisotopic (exact) mass is 391 g/mol. The number of aromatic nitrogens is 2. The molecular formula is C13H15BrClN3O2S. The maximum Gasteiger partial charge on any atom is 0.242 e. The van der Waals surface area contributed by atoms with E-state index in [2.05, 4.69) is 25.8 Å². The van der Waals surface area contributed by atoms with Crippen molar-refractivity contribution >= 4 is 37.6 Å². The van der Waals surface area contributed by atoms with Gasteiger partial charge >= 0.3 is 0 Å². The molecule has 0 aliphatic heterocycles. The van der Waals surface area contributed by atoms with Crippen LogP contribution in [0.4, 0.5) is 0 Å². The first-order valence-corrected chi connectivity index (χ1v) is 8.96. The van der Waals surface area contributed by atoms with Crippen LogP contribution in [0, 0.1) is 5.92 Å². The van der Waals surface area contributed by atoms with Crippen LogP contribution < -0.4 is 4.72 Å². The average molecular weight is 393 g/mol. The van der Waals surface area contributed by atoms with E-state index < -0.39 is 10.0 Å². The Labute approximate surface area is 137 Å². The van der Waals surface area contributed by atoms with E-state index in [-0.39, 0.29) is 15.8 Å². The largest absolute Gasteiger partial charge is 0.272 e. The molecule has 0 saturated heterocycles. The third-order valence-electron chi connectivity index (χ3n) is 2.86. The first-order chi connectivity index (χ1) is 9.88. The summed E-state index contributed by atoms with van der Waals surface area (Å²) in [5.74, 6) is 0.105. The van der Waals surface area contributed by atoms with Gasteiger partial charge in [0.05, 0.1) is 5.02 Å². The summed E-state index contributed by atoms with van der Waals surface area (Å²) in [5, 5.41) is 4.29. The molecule has 0 aliphatic carbocycles. The molecule has 0 aliphatic rings. The van der Waals surface area contributed by atoms with E-state index in [1.807, 2.05) is 19.2 Å². The maximum atomic E-state index is 12.2. The molecule has 0 fully saturated rings. The molecule has 0 radical (unpaired) electrons. The molecule has 0 saturated carbocycles. The Morgan fingerprint density at radius 2 is 2.24 bits per heavy atom. The lowest BCUT2D eigenvalue weighted by Gasteiger charge is -2.14. The second kappa shape index (κ2) is 6.91. The van der Waals surface area contributed by atoms with Crippen LogP contribution in [-0.2, 0) is 16.6 Å². The number of benzene rings is 1. The lowest BCUT2D eigenvalue weighted by atomic mass is 10.2. The third kappa shape index (κ3) is 4.54. The van der Waals surface area contributed by atoms with Gasteiger partial charge in [0, 0.05) is 30.0 Å². The molecule has 8 heteroatoms. The van der Waals surface area contributed by atoms with Crippen molar-refractivity contribution in [2.75, 3.05) is 6.54 Å². The molecule has 21 heavy (non-hydrogen) atoms. The van der Waals surface area contributed by atoms with Gasteiger partial charge < -0.3 is 0 Å². The Bertz CT molecular complexity index is 704. The van der Waals surface area contributed by atoms with Crippen molar-refractivity contribution in [1.29, 1.82) is 0 Å². The minimum absolute atomic E-state index is 0.0821. The molecule has 0 spiro atoms. The molecule has 1 atom stereocenters. The Hall–Kier alpha value is -0.890. The van der Waals surface area contributed by atoms with Crippen LogP contribution in [0.3, 0.4) is 0 Å². The fourth-order valence-corrected chi connectivity index (χ4v) is 4.02. The van der Waals surface area contributed by atoms with Crippen LogP contribution in [0.1, 0.15) is 6.92 Å². The molecule has 1 heterocycles. The van der Waals surface area contributed by atoms with Crippen molar-refractivity contribution in [3.8, 4) is 0 Å². The van der Waals surface area contributed by atoms with Crippen molar-refractivity contribution in [3.63, 3.8) is 0 Å². The second-order valence-electron chi connectivity index (χ2n) is 4.76. The number of nitrogens with zero attached hydrogens (tertiary/aromatic N) is 2. The SMILES string of the molecule is CC(CNS(=O)(=O)c1ccc(Br)cc1Cl)Cn1cccn1. The van der Waals surface area contributed by atoms with E-state index in [0.29, 0.717) is 13.1 Å². The zero-order valence-electron chi connectivity index (χ0n) is 11.3. The van der Waals surface area contributed by atoms with Crippen molar-refractivity contribution in [3.05, 3.63) is 46.2 Å². The van der Waals surface area contributed by atoms with Gasteiger partial charge in [-0.1, -0.05) is 34.5 Å². The van der Waals surface area contributed by atoms with Gasteiger partial charge in [-0.05, 0) is 30.2 Å². The van der Waals surface area contributed by atoms with Gasteiger partial charge in [-0.15, -0.1) is 0 Å². The smallest absolute Gasteiger partial charge is 0.242 e. The van der Waals surface area contributed by atoms with Gasteiger partial charge in [-0.25, -0.2) is 13.1 Å². The van der Waals surface area contributed by atoms with Crippen molar-refractivity contribution < 1.29 is 8.42 Å². The first kappa shape index (κ1) is 16.5. The summed E-state index contributed by atoms with van der Waals surface area (Å²) in [5.41, 5.74) is 0. The molecule has 1 N–H and O–H groups in total. The Balaban J connectivity index is 2.01. The molecule has 2 rings (SSSR count). The molecule has 1 aromatic heterocycles. The van der Waals surface area contributed by atoms with E-state index >= 15 is 0 Å². The molecule has 0 amide bonds. The lowest BCUT2D eigenvalue weighted by Crippen LogP contribution is -2.30. The fourth-order valence-electron chi connectivity index (χ4n) is 1.82. The summed E-state index contributed by atoms with van der Waals surface area (Å²) in [6.07, 6.45) is 3.54. The van der Waals surface area contributed by atoms with Crippen LogP contribution in [-0.4, -0.2) is 24.7 Å². The summed E-state index contributed by atoms with van der Waals surface area (Å²) in [6.45, 7) is 2.91. The highest BCUT2D eigenvalue weighted by Gasteiger charge is 2.18. The molecule has 0 bridgehead atoms. The highest BCUT2D eigenvalue weighted by Crippen LogP contribution is 2.25. The fraction of sp³-hybridized carbons (Fsp3) is 0.308. The second-order valence-corrected chi connectivity index (χ2v) is 7.82. The Morgan fingerprint density at radius 1 is 1.48 bits per heavy atom. The predicted octanol–water partition coefficient (Wildman–Crippen LogP) is 2.91. The zero-order valence-corrected chi connectivity index (χ0v) is 14.5. The lowest BCUT2D eigenvalue weighted by molar-refractivity contribution is 0.443. The Morgan fingerprint density at radius 3 is 2.86 bits per heavy atom. The van der Waals surface area contributed by atoms with Crippen LogP contribution in [0.15, 0.2) is 46.0 Å². The average Bonchev–Trinajstić information content (AvgIpc) is 2.89. The van der Waals surface area contributed by atoms with Crippen molar-refractivity contribution in [2.45, 2.75) is 18.4 Å². The van der Waals surface area contributed by atoms with Gasteiger partial charge in [0.25, 0.3) is 0 Å². The van der Waals surface area contributed by atoms with E-state index in [1.165, 1.54) is 6.07 Å². The summed E-state index contributed by atoms with van der Waals surface area (Å²) in [7, 11) is -3.61. The van der Waals surface area contributed by atoms with E-state index in [1.54, 1.807) is 23.0 Å². The van der Waals surface area contributed by atoms with Crippen molar-refractivity contribution in [1.82, 2.24) is 14.5 Å². The summed E-state index contributed by atoms with van der Waals surface area (Å²) in [6, 6.07) is 6.52. The summed E-state index contributed by atoms with van der Waals surface area (Å²) >= 11 is 9.23. The number of halogens is 2. The number of sulfonamides is 1. The molecular weight excluding hydrogens is 378 g/mol. The number of hydrogen-bond acceptors (Lipinski definition) is 3. The van der Waals surface area contributed by atoms with E-state index in [9.17, 15) is 8.42 Å². The van der Waals surface area contributed by atoms with Gasteiger partial charge in [-0.2, -0.15) is 5.10 Å². The molecule has 1 aromatic carbocycles. The van der Waals surface area contributed by atoms with Crippen LogP contribution in [0.5, 0.6) is 0 Å². The molecule has 2 aromatic rings. The normalized spacial score (nSPS) is 13.3. The molecule has 1 unspecified atom stereocenters. The highest BCUT2D eigenvalue weighted by atomic mass is 79.9. The topological polar surface area (TPSA) is 64.0 Å². The maximum absolute atomic E-state index is 12.2. The van der Waals surface area contributed by atoms with Crippen LogP contribution >= 0.6 is 27.5 Å². The van der Waals surface area contributed by atoms with Crippen molar-refractivity contribution in [2.24, 2.45) is 5.92 Å². The minimum Gasteiger partial charge on any atom is -0.272 e. The third-order valence-corrected chi connectivity index (χ3v) is 5.26. The van der Waals surface area contributed by atoms with Gasteiger partial charge in [-0.3, -0.25) is 4.68 Å². The number of rotatable bonds is 6. The summed E-state index contributed by atoms with van der Waals surface area (Å²) in [4.78, 5) is 0.0821. The first-order valence-electron chi connectivity index (χ1n) is 6.30. The molecule has 5 nitrogen and oxygen atoms in total. The Kier molecular flexibility index (Phi) is 5.43. The van der Waals surface area contributed by atoms with Crippen LogP contribution in [0.2, 0.25) is 5.02 Å². The quantitative estimate of drug-likeness (QED) is 0.822. The van der Waals surface area contributed by atoms with Gasteiger partial charge in [0.15, 0.2) is 0 Å². The standard InChI is InChI=1S/C13H15BrClN3O2S/c1-10(9-18-6-2-5-16-18)8-17-21(19,20)13-4-3-11(14)7-12(13)15/h2-7,10,17H,8-9H2,1H3. The predicted molar refractivity (Wildman–Crippen MR) is 85.7 cm³/mol. The molecule has 114 valence electrons. The number of hydrogen-bond donors (Lipinski definition) is 1. The van der Waals surface area contributed by atoms with E-state index in [4.69, 9.17) is 11.6 Å².